The van der Waals surface area contributed by atoms with E-state index < -0.39 is 23.8 Å². The molecule has 0 radical (unpaired) electrons. The summed E-state index contributed by atoms with van der Waals surface area (Å²) >= 11 is 0. The predicted octanol–water partition coefficient (Wildman–Crippen LogP) is 0.920. The lowest BCUT2D eigenvalue weighted by Crippen LogP contribution is -2.49. The molecule has 3 N–H and O–H groups in total. The number of nitrogens with one attached hydrogen (secondary N) is 1. The number of carbonyl (C=O) groups excluding carboxylic acids is 2. The molecule has 1 aromatic carbocycles. The van der Waals surface area contributed by atoms with Gasteiger partial charge in [0.25, 0.3) is 0 Å². The number of amides is 2. The molecule has 19 heavy (non-hydrogen) atoms. The van der Waals surface area contributed by atoms with Crippen LogP contribution in [0.5, 0.6) is 0 Å². The summed E-state index contributed by atoms with van der Waals surface area (Å²) in [6.07, 6.45) is 0. The molecule has 5 nitrogen and oxygen atoms in total. The lowest BCUT2D eigenvalue weighted by Gasteiger charge is -2.20. The van der Waals surface area contributed by atoms with E-state index in [1.165, 1.54) is 0 Å². The molecular weight excluding hydrogens is 242 g/mol. The van der Waals surface area contributed by atoms with Gasteiger partial charge in [-0.25, -0.2) is 0 Å². The summed E-state index contributed by atoms with van der Waals surface area (Å²) in [6, 6.07) is 9.86. The molecule has 0 saturated carbocycles. The van der Waals surface area contributed by atoms with Gasteiger partial charge in [0.1, 0.15) is 12.0 Å². The Balaban J connectivity index is 2.87. The van der Waals surface area contributed by atoms with Crippen LogP contribution >= 0.6 is 0 Å². The topological polar surface area (TPSA) is 96.0 Å². The second kappa shape index (κ2) is 6.55. The van der Waals surface area contributed by atoms with Crippen molar-refractivity contribution in [3.63, 3.8) is 0 Å². The van der Waals surface area contributed by atoms with Gasteiger partial charge in [-0.1, -0.05) is 44.2 Å². The average molecular weight is 259 g/mol. The minimum Gasteiger partial charge on any atom is -0.368 e. The largest absolute Gasteiger partial charge is 0.368 e. The first kappa shape index (κ1) is 14.7. The minimum absolute atomic E-state index is 0.128. The van der Waals surface area contributed by atoms with E-state index in [4.69, 9.17) is 11.0 Å². The van der Waals surface area contributed by atoms with E-state index in [2.05, 4.69) is 5.32 Å². The van der Waals surface area contributed by atoms with Crippen LogP contribution in [0.2, 0.25) is 0 Å². The van der Waals surface area contributed by atoms with Gasteiger partial charge in [0.15, 0.2) is 0 Å². The molecular formula is C14H17N3O2. The first-order valence-corrected chi connectivity index (χ1v) is 6.01. The molecule has 0 saturated heterocycles. The summed E-state index contributed by atoms with van der Waals surface area (Å²) in [6.45, 7) is 3.55. The molecule has 0 spiro atoms. The molecule has 0 aliphatic heterocycles. The van der Waals surface area contributed by atoms with Gasteiger partial charge < -0.3 is 11.1 Å². The van der Waals surface area contributed by atoms with Crippen molar-refractivity contribution in [1.29, 1.82) is 5.26 Å². The molecule has 1 aromatic rings. The van der Waals surface area contributed by atoms with Crippen LogP contribution in [0.4, 0.5) is 0 Å². The van der Waals surface area contributed by atoms with Gasteiger partial charge in [0.2, 0.25) is 11.8 Å². The zero-order valence-electron chi connectivity index (χ0n) is 11.0. The van der Waals surface area contributed by atoms with Crippen LogP contribution in [0.25, 0.3) is 0 Å². The van der Waals surface area contributed by atoms with E-state index in [-0.39, 0.29) is 5.92 Å². The Morgan fingerprint density at radius 3 is 2.26 bits per heavy atom. The highest BCUT2D eigenvalue weighted by molar-refractivity contribution is 5.91. The Labute approximate surface area is 112 Å². The van der Waals surface area contributed by atoms with E-state index in [1.807, 2.05) is 6.07 Å². The second-order valence-corrected chi connectivity index (χ2v) is 4.61. The van der Waals surface area contributed by atoms with E-state index in [9.17, 15) is 9.59 Å². The monoisotopic (exact) mass is 259 g/mol. The smallest absolute Gasteiger partial charge is 0.242 e. The van der Waals surface area contributed by atoms with Crippen molar-refractivity contribution in [3.8, 4) is 6.07 Å². The summed E-state index contributed by atoms with van der Waals surface area (Å²) in [5, 5.41) is 11.6. The predicted molar refractivity (Wildman–Crippen MR) is 70.8 cm³/mol. The highest BCUT2D eigenvalue weighted by Crippen LogP contribution is 2.15. The quantitative estimate of drug-likeness (QED) is 0.822. The molecule has 0 aliphatic carbocycles. The number of nitrogens with two attached hydrogens (primary N) is 1. The molecule has 0 heterocycles. The van der Waals surface area contributed by atoms with Crippen molar-refractivity contribution < 1.29 is 9.59 Å². The number of benzene rings is 1. The third-order valence-corrected chi connectivity index (χ3v) is 2.80. The summed E-state index contributed by atoms with van der Waals surface area (Å²) < 4.78 is 0. The average Bonchev–Trinajstić information content (AvgIpc) is 2.37. The number of rotatable bonds is 5. The number of nitrogens with zero attached hydrogens (tertiary/aromatic N) is 1. The van der Waals surface area contributed by atoms with Crippen LogP contribution in [-0.2, 0) is 9.59 Å². The van der Waals surface area contributed by atoms with Crippen LogP contribution in [0.1, 0.15) is 25.3 Å². The zero-order valence-corrected chi connectivity index (χ0v) is 11.0. The lowest BCUT2D eigenvalue weighted by atomic mass is 9.97. The van der Waals surface area contributed by atoms with Gasteiger partial charge in [-0.05, 0) is 11.5 Å². The molecule has 0 fully saturated rings. The molecule has 2 atom stereocenters. The van der Waals surface area contributed by atoms with Crippen LogP contribution < -0.4 is 11.1 Å². The number of hydrogen-bond donors (Lipinski definition) is 2. The van der Waals surface area contributed by atoms with E-state index in [0.717, 1.165) is 0 Å². The van der Waals surface area contributed by atoms with Crippen molar-refractivity contribution >= 4 is 11.8 Å². The van der Waals surface area contributed by atoms with Gasteiger partial charge in [-0.2, -0.15) is 5.26 Å². The Morgan fingerprint density at radius 2 is 1.84 bits per heavy atom. The normalized spacial score (nSPS) is 13.4. The maximum absolute atomic E-state index is 12.1. The lowest BCUT2D eigenvalue weighted by molar-refractivity contribution is -0.128. The molecule has 0 aromatic heterocycles. The summed E-state index contributed by atoms with van der Waals surface area (Å²) in [5.74, 6) is -2.18. The molecule has 2 unspecified atom stereocenters. The fraction of sp³-hybridized carbons (Fsp3) is 0.357. The number of hydrogen-bond acceptors (Lipinski definition) is 3. The molecule has 0 bridgehead atoms. The maximum atomic E-state index is 12.1. The highest BCUT2D eigenvalue weighted by Gasteiger charge is 2.27. The van der Waals surface area contributed by atoms with Crippen LogP contribution in [0.3, 0.4) is 0 Å². The van der Waals surface area contributed by atoms with Gasteiger partial charge in [-0.3, -0.25) is 9.59 Å². The van der Waals surface area contributed by atoms with Gasteiger partial charge in [-0.15, -0.1) is 0 Å². The Hall–Kier alpha value is -2.35. The van der Waals surface area contributed by atoms with E-state index in [0.29, 0.717) is 5.56 Å². The summed E-state index contributed by atoms with van der Waals surface area (Å²) in [5.41, 5.74) is 5.82. The third kappa shape index (κ3) is 3.81. The standard InChI is InChI=1S/C14H17N3O2/c1-9(2)12(13(16)18)17-14(19)11(8-15)10-6-4-3-5-7-10/h3-7,9,11-12H,1-2H3,(H2,16,18)(H,17,19). The van der Waals surface area contributed by atoms with E-state index >= 15 is 0 Å². The van der Waals surface area contributed by atoms with Crippen molar-refractivity contribution in [3.05, 3.63) is 35.9 Å². The summed E-state index contributed by atoms with van der Waals surface area (Å²) in [4.78, 5) is 23.3. The SMILES string of the molecule is CC(C)C(NC(=O)C(C#N)c1ccccc1)C(N)=O. The highest BCUT2D eigenvalue weighted by atomic mass is 16.2. The zero-order chi connectivity index (χ0) is 14.4. The first-order valence-electron chi connectivity index (χ1n) is 6.01. The Bertz CT molecular complexity index is 491. The van der Waals surface area contributed by atoms with Crippen molar-refractivity contribution in [2.24, 2.45) is 11.7 Å². The van der Waals surface area contributed by atoms with Crippen LogP contribution in [0, 0.1) is 17.2 Å². The fourth-order valence-electron chi connectivity index (χ4n) is 1.73. The Morgan fingerprint density at radius 1 is 1.26 bits per heavy atom. The third-order valence-electron chi connectivity index (χ3n) is 2.80. The van der Waals surface area contributed by atoms with Crippen LogP contribution in [-0.4, -0.2) is 17.9 Å². The maximum Gasteiger partial charge on any atom is 0.242 e. The second-order valence-electron chi connectivity index (χ2n) is 4.61. The van der Waals surface area contributed by atoms with Crippen LogP contribution in [0.15, 0.2) is 30.3 Å². The Kier molecular flexibility index (Phi) is 5.07. The number of nitriles is 1. The van der Waals surface area contributed by atoms with Crippen molar-refractivity contribution in [2.45, 2.75) is 25.8 Å². The van der Waals surface area contributed by atoms with Gasteiger partial charge >= 0.3 is 0 Å². The molecule has 0 aliphatic rings. The molecule has 100 valence electrons. The molecule has 1 rings (SSSR count). The van der Waals surface area contributed by atoms with E-state index in [1.54, 1.807) is 44.2 Å². The minimum atomic E-state index is -0.943. The molecule has 5 heteroatoms. The van der Waals surface area contributed by atoms with Gasteiger partial charge in [0, 0.05) is 0 Å². The van der Waals surface area contributed by atoms with Crippen molar-refractivity contribution in [1.82, 2.24) is 5.32 Å². The summed E-state index contributed by atoms with van der Waals surface area (Å²) in [7, 11) is 0. The molecule has 2 amide bonds. The van der Waals surface area contributed by atoms with Crippen molar-refractivity contribution in [2.75, 3.05) is 0 Å². The first-order chi connectivity index (χ1) is 8.97. The number of carbonyl (C=O) groups is 2. The fourth-order valence-corrected chi connectivity index (χ4v) is 1.73. The van der Waals surface area contributed by atoms with Gasteiger partial charge in [0.05, 0.1) is 6.07 Å². The number of primary amides is 1.